The van der Waals surface area contributed by atoms with E-state index < -0.39 is 6.10 Å². The highest BCUT2D eigenvalue weighted by atomic mass is 16.6. The molecule has 1 aliphatic rings. The molecule has 1 atom stereocenters. The van der Waals surface area contributed by atoms with Crippen LogP contribution in [0.15, 0.2) is 24.3 Å². The molecule has 0 aromatic heterocycles. The molecule has 1 amide bonds. The van der Waals surface area contributed by atoms with E-state index in [1.54, 1.807) is 4.90 Å². The van der Waals surface area contributed by atoms with Gasteiger partial charge < -0.3 is 9.84 Å². The van der Waals surface area contributed by atoms with Gasteiger partial charge in [0, 0.05) is 12.1 Å². The van der Waals surface area contributed by atoms with E-state index in [1.807, 2.05) is 38.1 Å². The number of aliphatic hydroxyl groups excluding tert-OH is 1. The van der Waals surface area contributed by atoms with E-state index >= 15 is 0 Å². The maximum atomic E-state index is 12.1. The number of carbonyl (C=O) groups is 1. The summed E-state index contributed by atoms with van der Waals surface area (Å²) in [5, 5.41) is 10.1. The monoisotopic (exact) mass is 263 g/mol. The fourth-order valence-electron chi connectivity index (χ4n) is 2.24. The van der Waals surface area contributed by atoms with Gasteiger partial charge in [-0.05, 0) is 24.8 Å². The zero-order chi connectivity index (χ0) is 13.8. The van der Waals surface area contributed by atoms with E-state index in [4.69, 9.17) is 4.74 Å². The number of fused-ring (bicyclic) bond motifs is 1. The Morgan fingerprint density at radius 3 is 2.95 bits per heavy atom. The van der Waals surface area contributed by atoms with E-state index in [1.165, 1.54) is 0 Å². The maximum absolute atomic E-state index is 12.1. The van der Waals surface area contributed by atoms with Gasteiger partial charge in [-0.1, -0.05) is 32.0 Å². The predicted molar refractivity (Wildman–Crippen MR) is 74.2 cm³/mol. The van der Waals surface area contributed by atoms with Crippen LogP contribution in [0, 0.1) is 5.92 Å². The quantitative estimate of drug-likeness (QED) is 0.892. The Balaban J connectivity index is 2.21. The van der Waals surface area contributed by atoms with Crippen molar-refractivity contribution in [2.45, 2.75) is 32.8 Å². The van der Waals surface area contributed by atoms with Gasteiger partial charge in [0.25, 0.3) is 0 Å². The summed E-state index contributed by atoms with van der Waals surface area (Å²) < 4.78 is 5.30. The lowest BCUT2D eigenvalue weighted by atomic mass is 10.1. The van der Waals surface area contributed by atoms with E-state index in [0.717, 1.165) is 17.7 Å². The largest absolute Gasteiger partial charge is 0.449 e. The lowest BCUT2D eigenvalue weighted by Crippen LogP contribution is -2.33. The van der Waals surface area contributed by atoms with Crippen molar-refractivity contribution in [1.82, 2.24) is 0 Å². The molecule has 19 heavy (non-hydrogen) atoms. The first kappa shape index (κ1) is 13.9. The van der Waals surface area contributed by atoms with Crippen LogP contribution >= 0.6 is 0 Å². The Labute approximate surface area is 114 Å². The summed E-state index contributed by atoms with van der Waals surface area (Å²) in [6, 6.07) is 7.49. The number of amides is 1. The minimum absolute atomic E-state index is 0.316. The highest BCUT2D eigenvalue weighted by Gasteiger charge is 2.26. The van der Waals surface area contributed by atoms with Gasteiger partial charge in [0.1, 0.15) is 0 Å². The zero-order valence-electron chi connectivity index (χ0n) is 11.5. The Bertz CT molecular complexity index is 445. The summed E-state index contributed by atoms with van der Waals surface area (Å²) >= 11 is 0. The molecule has 1 aromatic carbocycles. The number of hydrogen-bond donors (Lipinski definition) is 1. The maximum Gasteiger partial charge on any atom is 0.414 e. The molecule has 1 aromatic rings. The number of para-hydroxylation sites is 1. The molecular formula is C15H21NO3. The standard InChI is InChI=1S/C15H21NO3/c1-11(2)10-19-15(18)16-9-5-8-14(17)12-6-3-4-7-13(12)16/h3-4,6-7,11,14,17H,5,8-10H2,1-2H3. The van der Waals surface area contributed by atoms with Crippen LogP contribution in [0.5, 0.6) is 0 Å². The molecule has 0 saturated carbocycles. The fraction of sp³-hybridized carbons (Fsp3) is 0.533. The zero-order valence-corrected chi connectivity index (χ0v) is 11.5. The van der Waals surface area contributed by atoms with Crippen LogP contribution in [0.25, 0.3) is 0 Å². The van der Waals surface area contributed by atoms with Gasteiger partial charge in [0.2, 0.25) is 0 Å². The molecule has 0 fully saturated rings. The lowest BCUT2D eigenvalue weighted by molar-refractivity contribution is 0.140. The number of carbonyl (C=O) groups excluding carboxylic acids is 1. The normalized spacial score (nSPS) is 18.9. The van der Waals surface area contributed by atoms with Crippen molar-refractivity contribution in [2.24, 2.45) is 5.92 Å². The SMILES string of the molecule is CC(C)COC(=O)N1CCCC(O)c2ccccc21. The number of nitrogens with zero attached hydrogens (tertiary/aromatic N) is 1. The number of benzene rings is 1. The van der Waals surface area contributed by atoms with E-state index in [-0.39, 0.29) is 6.09 Å². The van der Waals surface area contributed by atoms with Crippen LogP contribution in [-0.2, 0) is 4.74 Å². The second kappa shape index (κ2) is 6.06. The van der Waals surface area contributed by atoms with Crippen molar-refractivity contribution in [1.29, 1.82) is 0 Å². The molecular weight excluding hydrogens is 242 g/mol. The van der Waals surface area contributed by atoms with Crippen molar-refractivity contribution in [2.75, 3.05) is 18.1 Å². The van der Waals surface area contributed by atoms with Gasteiger partial charge in [-0.15, -0.1) is 0 Å². The summed E-state index contributed by atoms with van der Waals surface area (Å²) in [7, 11) is 0. The second-order valence-corrected chi connectivity index (χ2v) is 5.34. The van der Waals surface area contributed by atoms with Gasteiger partial charge in [-0.2, -0.15) is 0 Å². The molecule has 4 nitrogen and oxygen atoms in total. The van der Waals surface area contributed by atoms with Crippen LogP contribution in [0.3, 0.4) is 0 Å². The van der Waals surface area contributed by atoms with Gasteiger partial charge >= 0.3 is 6.09 Å². The predicted octanol–water partition coefficient (Wildman–Crippen LogP) is 3.11. The van der Waals surface area contributed by atoms with Crippen LogP contribution in [0.4, 0.5) is 10.5 Å². The summed E-state index contributed by atoms with van der Waals surface area (Å²) in [6.45, 7) is 5.02. The molecule has 0 radical (unpaired) electrons. The molecule has 1 N–H and O–H groups in total. The molecule has 0 bridgehead atoms. The second-order valence-electron chi connectivity index (χ2n) is 5.34. The smallest absolute Gasteiger partial charge is 0.414 e. The van der Waals surface area contributed by atoms with Crippen LogP contribution in [0.1, 0.15) is 38.4 Å². The number of hydrogen-bond acceptors (Lipinski definition) is 3. The third-order valence-electron chi connectivity index (χ3n) is 3.21. The first-order chi connectivity index (χ1) is 9.09. The summed E-state index contributed by atoms with van der Waals surface area (Å²) in [5.41, 5.74) is 1.57. The van der Waals surface area contributed by atoms with Gasteiger partial charge in [-0.25, -0.2) is 4.79 Å². The van der Waals surface area contributed by atoms with Crippen molar-refractivity contribution in [3.63, 3.8) is 0 Å². The third kappa shape index (κ3) is 3.26. The topological polar surface area (TPSA) is 49.8 Å². The summed E-state index contributed by atoms with van der Waals surface area (Å²) in [6.07, 6.45) is 0.617. The van der Waals surface area contributed by atoms with E-state index in [0.29, 0.717) is 25.5 Å². The number of anilines is 1. The van der Waals surface area contributed by atoms with E-state index in [9.17, 15) is 9.90 Å². The number of aliphatic hydroxyl groups is 1. The molecule has 0 saturated heterocycles. The molecule has 104 valence electrons. The highest BCUT2D eigenvalue weighted by Crippen LogP contribution is 2.32. The molecule has 1 aliphatic heterocycles. The van der Waals surface area contributed by atoms with Crippen molar-refractivity contribution in [3.05, 3.63) is 29.8 Å². The minimum atomic E-state index is -0.501. The third-order valence-corrected chi connectivity index (χ3v) is 3.21. The molecule has 1 heterocycles. The summed E-state index contributed by atoms with van der Waals surface area (Å²) in [5.74, 6) is 0.316. The van der Waals surface area contributed by atoms with Crippen molar-refractivity contribution in [3.8, 4) is 0 Å². The van der Waals surface area contributed by atoms with Crippen LogP contribution in [-0.4, -0.2) is 24.4 Å². The first-order valence-electron chi connectivity index (χ1n) is 6.81. The fourth-order valence-corrected chi connectivity index (χ4v) is 2.24. The van der Waals surface area contributed by atoms with Crippen LogP contribution < -0.4 is 4.90 Å². The summed E-state index contributed by atoms with van der Waals surface area (Å²) in [4.78, 5) is 13.8. The average Bonchev–Trinajstić information content (AvgIpc) is 2.56. The van der Waals surface area contributed by atoms with Gasteiger partial charge in [-0.3, -0.25) is 4.90 Å². The Kier molecular flexibility index (Phi) is 4.43. The Hall–Kier alpha value is -1.55. The Morgan fingerprint density at radius 2 is 2.21 bits per heavy atom. The van der Waals surface area contributed by atoms with Gasteiger partial charge in [0.15, 0.2) is 0 Å². The van der Waals surface area contributed by atoms with Crippen LogP contribution in [0.2, 0.25) is 0 Å². The molecule has 1 unspecified atom stereocenters. The van der Waals surface area contributed by atoms with Gasteiger partial charge in [0.05, 0.1) is 18.4 Å². The molecule has 0 spiro atoms. The molecule has 2 rings (SSSR count). The first-order valence-corrected chi connectivity index (χ1v) is 6.81. The number of rotatable bonds is 2. The van der Waals surface area contributed by atoms with Crippen molar-refractivity contribution < 1.29 is 14.6 Å². The van der Waals surface area contributed by atoms with E-state index in [2.05, 4.69) is 0 Å². The molecule has 0 aliphatic carbocycles. The average molecular weight is 263 g/mol. The lowest BCUT2D eigenvalue weighted by Gasteiger charge is -2.23. The molecule has 4 heteroatoms. The Morgan fingerprint density at radius 1 is 1.47 bits per heavy atom. The minimum Gasteiger partial charge on any atom is -0.449 e. The van der Waals surface area contributed by atoms with Crippen molar-refractivity contribution >= 4 is 11.8 Å². The highest BCUT2D eigenvalue weighted by molar-refractivity contribution is 5.89. The number of ether oxygens (including phenoxy) is 1.